The SMILES string of the molecule is CCCCN(C(=O)OC(C)(C)C)c1cc(C(=O)c2cnc(N3CCc4ccccc43)nc2OCc2ccc(OC)cc2)c[nH]1. The molecule has 0 atom stereocenters. The van der Waals surface area contributed by atoms with Gasteiger partial charge in [-0.3, -0.25) is 9.69 Å². The Morgan fingerprint density at radius 3 is 2.59 bits per heavy atom. The lowest BCUT2D eigenvalue weighted by molar-refractivity contribution is 0.0578. The van der Waals surface area contributed by atoms with Crippen molar-refractivity contribution in [1.29, 1.82) is 0 Å². The number of aromatic amines is 1. The van der Waals surface area contributed by atoms with Crippen LogP contribution in [0.1, 0.15) is 67.6 Å². The Morgan fingerprint density at radius 2 is 1.86 bits per heavy atom. The van der Waals surface area contributed by atoms with Crippen LogP contribution in [0.4, 0.5) is 22.2 Å². The number of amides is 1. The molecule has 230 valence electrons. The molecule has 0 aliphatic carbocycles. The molecule has 44 heavy (non-hydrogen) atoms. The number of benzene rings is 2. The number of aromatic nitrogens is 3. The zero-order chi connectivity index (χ0) is 31.3. The predicted octanol–water partition coefficient (Wildman–Crippen LogP) is 6.86. The average Bonchev–Trinajstić information content (AvgIpc) is 3.67. The molecule has 3 heterocycles. The van der Waals surface area contributed by atoms with Crippen LogP contribution >= 0.6 is 0 Å². The van der Waals surface area contributed by atoms with Gasteiger partial charge in [0.15, 0.2) is 0 Å². The molecular weight excluding hydrogens is 558 g/mol. The van der Waals surface area contributed by atoms with E-state index in [0.717, 1.165) is 42.8 Å². The van der Waals surface area contributed by atoms with Gasteiger partial charge in [0.25, 0.3) is 0 Å². The zero-order valence-corrected chi connectivity index (χ0v) is 25.9. The number of anilines is 3. The van der Waals surface area contributed by atoms with Crippen molar-refractivity contribution >= 4 is 29.3 Å². The first kappa shape index (κ1) is 30.6. The fourth-order valence-corrected chi connectivity index (χ4v) is 4.94. The number of carbonyl (C=O) groups is 2. The van der Waals surface area contributed by atoms with Gasteiger partial charge in [-0.05, 0) is 69.0 Å². The topological polar surface area (TPSA) is 110 Å². The van der Waals surface area contributed by atoms with E-state index in [1.54, 1.807) is 19.4 Å². The third-order valence-electron chi connectivity index (χ3n) is 7.22. The van der Waals surface area contributed by atoms with Gasteiger partial charge in [-0.2, -0.15) is 4.98 Å². The molecular formula is C34H39N5O5. The Morgan fingerprint density at radius 1 is 1.09 bits per heavy atom. The zero-order valence-electron chi connectivity index (χ0n) is 25.9. The van der Waals surface area contributed by atoms with Crippen LogP contribution in [0.2, 0.25) is 0 Å². The fraction of sp³-hybridized carbons (Fsp3) is 0.353. The van der Waals surface area contributed by atoms with Crippen LogP contribution in [0.5, 0.6) is 11.6 Å². The number of unbranched alkanes of at least 4 members (excludes halogenated alkanes) is 1. The number of hydrogen-bond donors (Lipinski definition) is 1. The number of fused-ring (bicyclic) bond motifs is 1. The predicted molar refractivity (Wildman–Crippen MR) is 169 cm³/mol. The molecule has 0 radical (unpaired) electrons. The molecule has 0 fully saturated rings. The second kappa shape index (κ2) is 13.2. The number of ketones is 1. The monoisotopic (exact) mass is 597 g/mol. The second-order valence-electron chi connectivity index (χ2n) is 11.6. The van der Waals surface area contributed by atoms with E-state index in [-0.39, 0.29) is 23.8 Å². The summed E-state index contributed by atoms with van der Waals surface area (Å²) in [5, 5.41) is 0. The van der Waals surface area contributed by atoms with Gasteiger partial charge in [0.2, 0.25) is 17.6 Å². The Bertz CT molecular complexity index is 1610. The number of nitrogens with zero attached hydrogens (tertiary/aromatic N) is 4. The summed E-state index contributed by atoms with van der Waals surface area (Å²) in [5.41, 5.74) is 3.06. The number of hydrogen-bond acceptors (Lipinski definition) is 8. The van der Waals surface area contributed by atoms with E-state index in [4.69, 9.17) is 19.2 Å². The van der Waals surface area contributed by atoms with E-state index in [1.165, 1.54) is 16.7 Å². The molecule has 0 spiro atoms. The minimum absolute atomic E-state index is 0.179. The lowest BCUT2D eigenvalue weighted by Crippen LogP contribution is -2.37. The van der Waals surface area contributed by atoms with Crippen LogP contribution in [0.3, 0.4) is 0 Å². The number of carbonyl (C=O) groups excluding carboxylic acids is 2. The Kier molecular flexibility index (Phi) is 9.18. The minimum Gasteiger partial charge on any atom is -0.497 e. The van der Waals surface area contributed by atoms with Gasteiger partial charge in [0, 0.05) is 36.7 Å². The maximum atomic E-state index is 13.9. The Balaban J connectivity index is 1.45. The van der Waals surface area contributed by atoms with Gasteiger partial charge in [0.05, 0.1) is 7.11 Å². The molecule has 4 aromatic rings. The van der Waals surface area contributed by atoms with Crippen LogP contribution in [-0.4, -0.2) is 52.6 Å². The third kappa shape index (κ3) is 7.02. The van der Waals surface area contributed by atoms with Crippen molar-refractivity contribution < 1.29 is 23.8 Å². The molecule has 1 amide bonds. The smallest absolute Gasteiger partial charge is 0.415 e. The molecule has 10 nitrogen and oxygen atoms in total. The molecule has 2 aromatic carbocycles. The van der Waals surface area contributed by atoms with Crippen molar-refractivity contribution in [2.45, 2.75) is 59.2 Å². The van der Waals surface area contributed by atoms with E-state index in [0.29, 0.717) is 23.9 Å². The molecule has 1 N–H and O–H groups in total. The van der Waals surface area contributed by atoms with E-state index < -0.39 is 11.7 Å². The molecule has 0 saturated carbocycles. The highest BCUT2D eigenvalue weighted by Crippen LogP contribution is 2.34. The normalized spacial score (nSPS) is 12.5. The lowest BCUT2D eigenvalue weighted by atomic mass is 10.1. The highest BCUT2D eigenvalue weighted by atomic mass is 16.6. The van der Waals surface area contributed by atoms with E-state index in [9.17, 15) is 9.59 Å². The molecule has 1 aliphatic rings. The van der Waals surface area contributed by atoms with Gasteiger partial charge in [-0.15, -0.1) is 0 Å². The molecule has 5 rings (SSSR count). The van der Waals surface area contributed by atoms with Crippen LogP contribution in [-0.2, 0) is 17.8 Å². The van der Waals surface area contributed by atoms with E-state index in [1.807, 2.05) is 68.1 Å². The number of nitrogens with one attached hydrogen (secondary N) is 1. The van der Waals surface area contributed by atoms with Gasteiger partial charge < -0.3 is 24.1 Å². The third-order valence-corrected chi connectivity index (χ3v) is 7.22. The van der Waals surface area contributed by atoms with Gasteiger partial charge in [0.1, 0.15) is 29.3 Å². The maximum Gasteiger partial charge on any atom is 0.415 e. The highest BCUT2D eigenvalue weighted by Gasteiger charge is 2.28. The Hall–Kier alpha value is -4.86. The molecule has 2 aromatic heterocycles. The van der Waals surface area contributed by atoms with Gasteiger partial charge in [-0.1, -0.05) is 43.7 Å². The van der Waals surface area contributed by atoms with Crippen LogP contribution in [0, 0.1) is 0 Å². The first-order chi connectivity index (χ1) is 21.2. The number of para-hydroxylation sites is 1. The number of H-pyrrole nitrogens is 1. The van der Waals surface area contributed by atoms with Crippen molar-refractivity contribution in [3.63, 3.8) is 0 Å². The number of methoxy groups -OCH3 is 1. The van der Waals surface area contributed by atoms with E-state index >= 15 is 0 Å². The molecule has 0 bridgehead atoms. The quantitative estimate of drug-likeness (QED) is 0.187. The van der Waals surface area contributed by atoms with Gasteiger partial charge in [-0.25, -0.2) is 9.78 Å². The number of rotatable bonds is 11. The summed E-state index contributed by atoms with van der Waals surface area (Å²) in [5.74, 6) is 1.53. The van der Waals surface area contributed by atoms with Crippen molar-refractivity contribution in [1.82, 2.24) is 15.0 Å². The average molecular weight is 598 g/mol. The Labute approximate surface area is 258 Å². The molecule has 10 heteroatoms. The summed E-state index contributed by atoms with van der Waals surface area (Å²) in [6, 6.07) is 17.3. The summed E-state index contributed by atoms with van der Waals surface area (Å²) in [6.45, 7) is 8.89. The fourth-order valence-electron chi connectivity index (χ4n) is 4.94. The van der Waals surface area contributed by atoms with E-state index in [2.05, 4.69) is 23.0 Å². The van der Waals surface area contributed by atoms with Crippen molar-refractivity contribution in [3.05, 3.63) is 89.2 Å². The van der Waals surface area contributed by atoms with Gasteiger partial charge >= 0.3 is 6.09 Å². The summed E-state index contributed by atoms with van der Waals surface area (Å²) in [4.78, 5) is 42.9. The van der Waals surface area contributed by atoms with Crippen molar-refractivity contribution in [2.24, 2.45) is 0 Å². The summed E-state index contributed by atoms with van der Waals surface area (Å²) in [6.07, 6.45) is 5.17. The summed E-state index contributed by atoms with van der Waals surface area (Å²) >= 11 is 0. The van der Waals surface area contributed by atoms with Crippen molar-refractivity contribution in [2.75, 3.05) is 30.0 Å². The standard InChI is InChI=1S/C34H39N5O5/c1-6-7-17-39(33(41)44-34(2,3)4)29-19-25(20-35-29)30(40)27-21-36-32(38-18-16-24-10-8-9-11-28(24)38)37-31(27)43-22-23-12-14-26(42-5)15-13-23/h8-15,19-21,35H,6-7,16-18,22H2,1-5H3. The molecule has 1 aliphatic heterocycles. The largest absolute Gasteiger partial charge is 0.497 e. The van der Waals surface area contributed by atoms with Crippen LogP contribution in [0.15, 0.2) is 67.0 Å². The van der Waals surface area contributed by atoms with Crippen LogP contribution < -0.4 is 19.3 Å². The first-order valence-electron chi connectivity index (χ1n) is 14.9. The highest BCUT2D eigenvalue weighted by molar-refractivity contribution is 6.11. The summed E-state index contributed by atoms with van der Waals surface area (Å²) in [7, 11) is 1.62. The molecule has 0 unspecified atom stereocenters. The number of ether oxygens (including phenoxy) is 3. The van der Waals surface area contributed by atoms with Crippen molar-refractivity contribution in [3.8, 4) is 11.6 Å². The maximum absolute atomic E-state index is 13.9. The molecule has 0 saturated heterocycles. The minimum atomic E-state index is -0.655. The first-order valence-corrected chi connectivity index (χ1v) is 14.9. The summed E-state index contributed by atoms with van der Waals surface area (Å²) < 4.78 is 17.1. The lowest BCUT2D eigenvalue weighted by Gasteiger charge is -2.26. The second-order valence-corrected chi connectivity index (χ2v) is 11.6. The van der Waals surface area contributed by atoms with Crippen LogP contribution in [0.25, 0.3) is 0 Å².